The van der Waals surface area contributed by atoms with Crippen LogP contribution in [-0.2, 0) is 0 Å². The second-order valence-corrected chi connectivity index (χ2v) is 3.88. The summed E-state index contributed by atoms with van der Waals surface area (Å²) in [6.07, 6.45) is 1.53. The van der Waals surface area contributed by atoms with Gasteiger partial charge in [0, 0.05) is 7.05 Å². The van der Waals surface area contributed by atoms with Gasteiger partial charge in [-0.2, -0.15) is 0 Å². The van der Waals surface area contributed by atoms with Crippen molar-refractivity contribution in [2.24, 2.45) is 0 Å². The van der Waals surface area contributed by atoms with E-state index in [9.17, 15) is 10.1 Å². The summed E-state index contributed by atoms with van der Waals surface area (Å²) in [7, 11) is 1.69. The van der Waals surface area contributed by atoms with E-state index in [0.29, 0.717) is 16.5 Å². The van der Waals surface area contributed by atoms with Gasteiger partial charge in [0.1, 0.15) is 10.9 Å². The Hall–Kier alpha value is -1.27. The van der Waals surface area contributed by atoms with Crippen LogP contribution in [0.15, 0.2) is 29.1 Å². The lowest BCUT2D eigenvalue weighted by molar-refractivity contribution is -0.411. The number of pyridine rings is 1. The number of hydrogen-bond donors (Lipinski definition) is 1. The Labute approximate surface area is 103 Å². The molecule has 0 aromatic carbocycles. The third kappa shape index (κ3) is 2.86. The Balaban J connectivity index is 3.03. The highest BCUT2D eigenvalue weighted by Gasteiger charge is 2.14. The van der Waals surface area contributed by atoms with Crippen LogP contribution in [0.4, 0.5) is 5.69 Å². The Morgan fingerprint density at radius 3 is 2.69 bits per heavy atom. The summed E-state index contributed by atoms with van der Waals surface area (Å²) in [5.41, 5.74) is 1.13. The maximum Gasteiger partial charge on any atom is 0.319 e. The van der Waals surface area contributed by atoms with Gasteiger partial charge >= 0.3 is 5.03 Å². The first-order chi connectivity index (χ1) is 7.43. The van der Waals surface area contributed by atoms with E-state index in [-0.39, 0.29) is 5.03 Å². The lowest BCUT2D eigenvalue weighted by Gasteiger charge is -2.18. The van der Waals surface area contributed by atoms with Crippen molar-refractivity contribution in [3.05, 3.63) is 44.3 Å². The van der Waals surface area contributed by atoms with E-state index in [0.717, 1.165) is 0 Å². The topological polar surface area (TPSA) is 59.3 Å². The van der Waals surface area contributed by atoms with Crippen molar-refractivity contribution in [1.82, 2.24) is 4.98 Å². The van der Waals surface area contributed by atoms with Crippen LogP contribution in [0.25, 0.3) is 0 Å². The van der Waals surface area contributed by atoms with Gasteiger partial charge in [0.05, 0.1) is 16.8 Å². The molecule has 1 rings (SSSR count). The monoisotopic (exact) mass is 259 g/mol. The highest BCUT2D eigenvalue weighted by atomic mass is 35.5. The fourth-order valence-electron chi connectivity index (χ4n) is 1.04. The van der Waals surface area contributed by atoms with Gasteiger partial charge in [0.15, 0.2) is 0 Å². The molecule has 1 heterocycles. The molecule has 0 saturated carbocycles. The molecule has 0 unspecified atom stereocenters. The lowest BCUT2D eigenvalue weighted by Crippen LogP contribution is -2.17. The summed E-state index contributed by atoms with van der Waals surface area (Å²) < 4.78 is 0. The fourth-order valence-corrected chi connectivity index (χ4v) is 1.30. The standard InChI is InChI=1S/C9H10ClN3O2S/c1-6(9(16)13(14)15)12(2)7-3-4-8(10)11-5-7/h3-5,16H,1-2H3. The number of nitrogens with zero attached hydrogens (tertiary/aromatic N) is 3. The molecule has 7 heteroatoms. The molecule has 0 spiro atoms. The van der Waals surface area contributed by atoms with Crippen molar-refractivity contribution in [2.45, 2.75) is 6.92 Å². The summed E-state index contributed by atoms with van der Waals surface area (Å²) in [6.45, 7) is 1.61. The van der Waals surface area contributed by atoms with E-state index in [4.69, 9.17) is 11.6 Å². The Morgan fingerprint density at radius 1 is 1.62 bits per heavy atom. The van der Waals surface area contributed by atoms with Gasteiger partial charge in [-0.3, -0.25) is 10.1 Å². The average Bonchev–Trinajstić information content (AvgIpc) is 2.27. The van der Waals surface area contributed by atoms with Crippen LogP contribution in [0.2, 0.25) is 5.15 Å². The molecular weight excluding hydrogens is 250 g/mol. The van der Waals surface area contributed by atoms with Crippen molar-refractivity contribution in [3.63, 3.8) is 0 Å². The zero-order valence-electron chi connectivity index (χ0n) is 8.72. The number of halogens is 1. The quantitative estimate of drug-likeness (QED) is 0.392. The lowest BCUT2D eigenvalue weighted by atomic mass is 10.3. The summed E-state index contributed by atoms with van der Waals surface area (Å²) in [5, 5.41) is 10.7. The SMILES string of the molecule is CC(=C(S)[N+](=O)[O-])N(C)c1ccc(Cl)nc1. The number of thiol groups is 1. The number of allylic oxidation sites excluding steroid dienone is 1. The second kappa shape index (κ2) is 5.18. The minimum atomic E-state index is -0.543. The highest BCUT2D eigenvalue weighted by molar-refractivity contribution is 7.84. The van der Waals surface area contributed by atoms with Crippen LogP contribution in [-0.4, -0.2) is 17.0 Å². The third-order valence-electron chi connectivity index (χ3n) is 2.10. The molecule has 0 saturated heterocycles. The van der Waals surface area contributed by atoms with Gasteiger partial charge in [-0.1, -0.05) is 24.2 Å². The van der Waals surface area contributed by atoms with E-state index >= 15 is 0 Å². The molecule has 0 bridgehead atoms. The van der Waals surface area contributed by atoms with Crippen LogP contribution in [0, 0.1) is 10.1 Å². The van der Waals surface area contributed by atoms with Crippen LogP contribution in [0.5, 0.6) is 0 Å². The van der Waals surface area contributed by atoms with Crippen LogP contribution < -0.4 is 4.90 Å². The Morgan fingerprint density at radius 2 is 2.25 bits per heavy atom. The smallest absolute Gasteiger partial charge is 0.319 e. The van der Waals surface area contributed by atoms with Gasteiger partial charge in [-0.25, -0.2) is 4.98 Å². The predicted octanol–water partition coefficient (Wildman–Crippen LogP) is 2.57. The molecule has 0 radical (unpaired) electrons. The minimum absolute atomic E-state index is 0.197. The van der Waals surface area contributed by atoms with Crippen molar-refractivity contribution in [2.75, 3.05) is 11.9 Å². The van der Waals surface area contributed by atoms with Crippen molar-refractivity contribution in [1.29, 1.82) is 0 Å². The first kappa shape index (κ1) is 12.8. The molecule has 0 aliphatic carbocycles. The van der Waals surface area contributed by atoms with Crippen LogP contribution in [0.3, 0.4) is 0 Å². The van der Waals surface area contributed by atoms with Crippen molar-refractivity contribution >= 4 is 29.9 Å². The predicted molar refractivity (Wildman–Crippen MR) is 66.3 cm³/mol. The summed E-state index contributed by atoms with van der Waals surface area (Å²) >= 11 is 9.47. The first-order valence-electron chi connectivity index (χ1n) is 4.33. The third-order valence-corrected chi connectivity index (χ3v) is 2.81. The molecular formula is C9H10ClN3O2S. The first-order valence-corrected chi connectivity index (χ1v) is 5.15. The maximum absolute atomic E-state index is 10.5. The van der Waals surface area contributed by atoms with E-state index < -0.39 is 4.92 Å². The molecule has 16 heavy (non-hydrogen) atoms. The van der Waals surface area contributed by atoms with Crippen molar-refractivity contribution < 1.29 is 4.92 Å². The van der Waals surface area contributed by atoms with Gasteiger partial charge in [0.2, 0.25) is 0 Å². The van der Waals surface area contributed by atoms with Crippen molar-refractivity contribution in [3.8, 4) is 0 Å². The zero-order valence-corrected chi connectivity index (χ0v) is 10.4. The minimum Gasteiger partial charge on any atom is -0.341 e. The molecule has 0 atom stereocenters. The van der Waals surface area contributed by atoms with Gasteiger partial charge in [-0.05, 0) is 19.1 Å². The fraction of sp³-hybridized carbons (Fsp3) is 0.222. The normalized spacial score (nSPS) is 12.0. The van der Waals surface area contributed by atoms with E-state index in [1.165, 1.54) is 6.20 Å². The molecule has 0 amide bonds. The Bertz CT molecular complexity index is 433. The molecule has 1 aromatic heterocycles. The average molecular weight is 260 g/mol. The number of aromatic nitrogens is 1. The van der Waals surface area contributed by atoms with Crippen LogP contribution >= 0.6 is 24.2 Å². The maximum atomic E-state index is 10.5. The second-order valence-electron chi connectivity index (χ2n) is 3.06. The molecule has 0 aliphatic rings. The summed E-state index contributed by atoms with van der Waals surface area (Å²) in [6, 6.07) is 3.34. The Kier molecular flexibility index (Phi) is 4.14. The van der Waals surface area contributed by atoms with E-state index in [2.05, 4.69) is 17.6 Å². The molecule has 5 nitrogen and oxygen atoms in total. The number of rotatable bonds is 3. The van der Waals surface area contributed by atoms with Gasteiger partial charge < -0.3 is 4.90 Å². The number of nitro groups is 1. The van der Waals surface area contributed by atoms with E-state index in [1.807, 2.05) is 0 Å². The highest BCUT2D eigenvalue weighted by Crippen LogP contribution is 2.21. The molecule has 0 fully saturated rings. The molecule has 1 aromatic rings. The molecule has 0 N–H and O–H groups in total. The largest absolute Gasteiger partial charge is 0.341 e. The van der Waals surface area contributed by atoms with E-state index in [1.54, 1.807) is 31.0 Å². The van der Waals surface area contributed by atoms with Crippen LogP contribution in [0.1, 0.15) is 6.92 Å². The molecule has 86 valence electrons. The number of hydrogen-bond acceptors (Lipinski definition) is 5. The molecule has 0 aliphatic heterocycles. The summed E-state index contributed by atoms with van der Waals surface area (Å²) in [4.78, 5) is 15.5. The zero-order chi connectivity index (χ0) is 12.3. The van der Waals surface area contributed by atoms with Gasteiger partial charge in [-0.15, -0.1) is 0 Å². The number of anilines is 1. The van der Waals surface area contributed by atoms with Gasteiger partial charge in [0.25, 0.3) is 0 Å². The summed E-state index contributed by atoms with van der Waals surface area (Å²) in [5.74, 6) is 0.